The zero-order chi connectivity index (χ0) is 23.8. The van der Waals surface area contributed by atoms with Gasteiger partial charge in [0.15, 0.2) is 5.82 Å². The van der Waals surface area contributed by atoms with E-state index in [-0.39, 0.29) is 23.6 Å². The number of fused-ring (bicyclic) bond motifs is 1. The molecule has 0 bridgehead atoms. The molecule has 5 rings (SSSR count). The highest BCUT2D eigenvalue weighted by atomic mass is 35.5. The van der Waals surface area contributed by atoms with Gasteiger partial charge in [0.05, 0.1) is 24.4 Å². The van der Waals surface area contributed by atoms with Crippen molar-refractivity contribution in [2.45, 2.75) is 18.4 Å². The Kier molecular flexibility index (Phi) is 6.05. The summed E-state index contributed by atoms with van der Waals surface area (Å²) < 4.78 is 39.8. The predicted molar refractivity (Wildman–Crippen MR) is 124 cm³/mol. The number of halogens is 3. The summed E-state index contributed by atoms with van der Waals surface area (Å²) in [7, 11) is 0. The van der Waals surface area contributed by atoms with Crippen molar-refractivity contribution in [3.8, 4) is 5.75 Å². The summed E-state index contributed by atoms with van der Waals surface area (Å²) in [5, 5.41) is 2.93. The van der Waals surface area contributed by atoms with Crippen molar-refractivity contribution in [2.75, 3.05) is 31.6 Å². The molecule has 3 aromatic rings. The first kappa shape index (κ1) is 22.5. The summed E-state index contributed by atoms with van der Waals surface area (Å²) in [6.45, 7) is 5.72. The standard InChI is InChI=1S/C24H21ClF2N4O3/c1-2-21(32)31-9-13(10-31)15-7-16-19(8-20(15)34-14-5-6-33-11-14)28-12-29-24(16)30-18-4-3-17(26)22(25)23(18)27/h2-4,7-8,12-14H,1,5-6,9-11H2,(H,28,29,30)/t14-/m0/s1. The number of nitrogens with zero attached hydrogens (tertiary/aromatic N) is 3. The summed E-state index contributed by atoms with van der Waals surface area (Å²) in [6.07, 6.45) is 3.35. The number of hydrogen-bond donors (Lipinski definition) is 1. The molecular weight excluding hydrogens is 466 g/mol. The number of likely N-dealkylation sites (tertiary alicyclic amines) is 1. The number of carbonyl (C=O) groups is 1. The van der Waals surface area contributed by atoms with Crippen molar-refractivity contribution < 1.29 is 23.0 Å². The lowest BCUT2D eigenvalue weighted by Gasteiger charge is -2.39. The number of nitrogens with one attached hydrogen (secondary N) is 1. The first-order chi connectivity index (χ1) is 16.4. The maximum atomic E-state index is 14.5. The van der Waals surface area contributed by atoms with E-state index in [1.165, 1.54) is 18.5 Å². The van der Waals surface area contributed by atoms with Gasteiger partial charge in [-0.15, -0.1) is 0 Å². The minimum atomic E-state index is -0.910. The fourth-order valence-corrected chi connectivity index (χ4v) is 4.31. The van der Waals surface area contributed by atoms with Gasteiger partial charge in [-0.25, -0.2) is 18.7 Å². The van der Waals surface area contributed by atoms with Crippen molar-refractivity contribution in [1.82, 2.24) is 14.9 Å². The van der Waals surface area contributed by atoms with Gasteiger partial charge < -0.3 is 19.7 Å². The molecule has 176 valence electrons. The van der Waals surface area contributed by atoms with E-state index >= 15 is 0 Å². The van der Waals surface area contributed by atoms with Crippen molar-refractivity contribution in [3.05, 3.63) is 65.5 Å². The van der Waals surface area contributed by atoms with Gasteiger partial charge in [0, 0.05) is 42.4 Å². The second-order valence-corrected chi connectivity index (χ2v) is 8.60. The molecule has 1 N–H and O–H groups in total. The van der Waals surface area contributed by atoms with E-state index in [1.54, 1.807) is 4.90 Å². The second kappa shape index (κ2) is 9.15. The molecular formula is C24H21ClF2N4O3. The van der Waals surface area contributed by atoms with Gasteiger partial charge in [-0.1, -0.05) is 18.2 Å². The zero-order valence-electron chi connectivity index (χ0n) is 18.1. The van der Waals surface area contributed by atoms with E-state index in [9.17, 15) is 13.6 Å². The smallest absolute Gasteiger partial charge is 0.245 e. The third-order valence-electron chi connectivity index (χ3n) is 6.04. The van der Waals surface area contributed by atoms with Crippen molar-refractivity contribution in [3.63, 3.8) is 0 Å². The van der Waals surface area contributed by atoms with Gasteiger partial charge >= 0.3 is 0 Å². The number of ether oxygens (including phenoxy) is 2. The molecule has 0 radical (unpaired) electrons. The predicted octanol–water partition coefficient (Wildman–Crippen LogP) is 4.58. The normalized spacial score (nSPS) is 18.1. The quantitative estimate of drug-likeness (QED) is 0.406. The van der Waals surface area contributed by atoms with Crippen LogP contribution < -0.4 is 10.1 Å². The molecule has 7 nitrogen and oxygen atoms in total. The van der Waals surface area contributed by atoms with E-state index in [0.29, 0.717) is 48.8 Å². The molecule has 2 aliphatic heterocycles. The van der Waals surface area contributed by atoms with Crippen LogP contribution in [-0.2, 0) is 9.53 Å². The van der Waals surface area contributed by atoms with Crippen LogP contribution in [0, 0.1) is 11.6 Å². The Balaban J connectivity index is 1.53. The van der Waals surface area contributed by atoms with E-state index in [2.05, 4.69) is 21.9 Å². The Morgan fingerprint density at radius 1 is 1.29 bits per heavy atom. The number of aromatic nitrogens is 2. The Labute approximate surface area is 199 Å². The van der Waals surface area contributed by atoms with Crippen LogP contribution in [0.15, 0.2) is 43.2 Å². The van der Waals surface area contributed by atoms with Gasteiger partial charge in [0.2, 0.25) is 5.91 Å². The summed E-state index contributed by atoms with van der Waals surface area (Å²) in [6, 6.07) is 6.06. The van der Waals surface area contributed by atoms with Crippen LogP contribution in [-0.4, -0.2) is 53.2 Å². The number of carbonyl (C=O) groups excluding carboxylic acids is 1. The minimum Gasteiger partial charge on any atom is -0.488 e. The molecule has 0 aliphatic carbocycles. The van der Waals surface area contributed by atoms with Crippen LogP contribution in [0.4, 0.5) is 20.3 Å². The topological polar surface area (TPSA) is 76.6 Å². The summed E-state index contributed by atoms with van der Waals surface area (Å²) in [5.74, 6) is -0.844. The lowest BCUT2D eigenvalue weighted by molar-refractivity contribution is -0.130. The maximum absolute atomic E-state index is 14.5. The average Bonchev–Trinajstić information content (AvgIpc) is 3.32. The Hall–Kier alpha value is -3.30. The molecule has 2 aromatic carbocycles. The van der Waals surface area contributed by atoms with Crippen LogP contribution in [0.2, 0.25) is 5.02 Å². The third-order valence-corrected chi connectivity index (χ3v) is 6.39. The number of hydrogen-bond acceptors (Lipinski definition) is 6. The number of rotatable bonds is 6. The van der Waals surface area contributed by atoms with Crippen LogP contribution >= 0.6 is 11.6 Å². The van der Waals surface area contributed by atoms with Crippen molar-refractivity contribution >= 4 is 39.9 Å². The van der Waals surface area contributed by atoms with E-state index in [0.717, 1.165) is 18.1 Å². The molecule has 3 heterocycles. The highest BCUT2D eigenvalue weighted by Gasteiger charge is 2.34. The van der Waals surface area contributed by atoms with Gasteiger partial charge in [0.25, 0.3) is 0 Å². The molecule has 1 atom stereocenters. The molecule has 34 heavy (non-hydrogen) atoms. The summed E-state index contributed by atoms with van der Waals surface area (Å²) in [4.78, 5) is 22.3. The SMILES string of the molecule is C=CC(=O)N1CC(c2cc3c(Nc4ccc(F)c(Cl)c4F)ncnc3cc2O[C@H]2CCOC2)C1. The third kappa shape index (κ3) is 4.17. The molecule has 2 aliphatic rings. The van der Waals surface area contributed by atoms with Crippen molar-refractivity contribution in [2.24, 2.45) is 0 Å². The van der Waals surface area contributed by atoms with E-state index in [1.807, 2.05) is 12.1 Å². The van der Waals surface area contributed by atoms with Gasteiger partial charge in [-0.2, -0.15) is 0 Å². The summed E-state index contributed by atoms with van der Waals surface area (Å²) >= 11 is 5.72. The molecule has 2 saturated heterocycles. The molecule has 1 amide bonds. The first-order valence-electron chi connectivity index (χ1n) is 10.8. The molecule has 0 saturated carbocycles. The van der Waals surface area contributed by atoms with E-state index < -0.39 is 16.7 Å². The van der Waals surface area contributed by atoms with Crippen molar-refractivity contribution in [1.29, 1.82) is 0 Å². The zero-order valence-corrected chi connectivity index (χ0v) is 18.8. The Morgan fingerprint density at radius 2 is 2.12 bits per heavy atom. The van der Waals surface area contributed by atoms with Crippen LogP contribution in [0.1, 0.15) is 17.9 Å². The minimum absolute atomic E-state index is 0.0113. The maximum Gasteiger partial charge on any atom is 0.245 e. The van der Waals surface area contributed by atoms with Crippen LogP contribution in [0.5, 0.6) is 5.75 Å². The Morgan fingerprint density at radius 3 is 2.85 bits per heavy atom. The molecule has 1 aromatic heterocycles. The lowest BCUT2D eigenvalue weighted by Crippen LogP contribution is -2.47. The largest absolute Gasteiger partial charge is 0.488 e. The van der Waals surface area contributed by atoms with Gasteiger partial charge in [-0.3, -0.25) is 4.79 Å². The monoisotopic (exact) mass is 486 g/mol. The average molecular weight is 487 g/mol. The van der Waals surface area contributed by atoms with Crippen LogP contribution in [0.25, 0.3) is 10.9 Å². The highest BCUT2D eigenvalue weighted by Crippen LogP contribution is 2.39. The number of benzene rings is 2. The Bertz CT molecular complexity index is 1280. The molecule has 0 unspecified atom stereocenters. The number of amides is 1. The summed E-state index contributed by atoms with van der Waals surface area (Å²) in [5.41, 5.74) is 1.47. The molecule has 2 fully saturated rings. The van der Waals surface area contributed by atoms with Gasteiger partial charge in [0.1, 0.15) is 34.8 Å². The first-order valence-corrected chi connectivity index (χ1v) is 11.2. The highest BCUT2D eigenvalue weighted by molar-refractivity contribution is 6.31. The lowest BCUT2D eigenvalue weighted by atomic mass is 9.89. The number of anilines is 2. The van der Waals surface area contributed by atoms with Crippen LogP contribution in [0.3, 0.4) is 0 Å². The van der Waals surface area contributed by atoms with E-state index in [4.69, 9.17) is 21.1 Å². The second-order valence-electron chi connectivity index (χ2n) is 8.23. The fourth-order valence-electron chi connectivity index (χ4n) is 4.14. The molecule has 0 spiro atoms. The molecule has 10 heteroatoms. The van der Waals surface area contributed by atoms with Gasteiger partial charge in [-0.05, 0) is 24.3 Å². The fraction of sp³-hybridized carbons (Fsp3) is 0.292.